The predicted molar refractivity (Wildman–Crippen MR) is 89.7 cm³/mol. The van der Waals surface area contributed by atoms with E-state index in [1.807, 2.05) is 6.07 Å². The number of non-ortho nitro benzene ring substituents is 1. The van der Waals surface area contributed by atoms with Crippen molar-refractivity contribution in [2.45, 2.75) is 0 Å². The van der Waals surface area contributed by atoms with E-state index in [1.54, 1.807) is 30.3 Å². The van der Waals surface area contributed by atoms with E-state index in [9.17, 15) is 10.1 Å². The van der Waals surface area contributed by atoms with Crippen LogP contribution in [0.25, 0.3) is 21.7 Å². The number of nitrogens with zero attached hydrogens (tertiary/aromatic N) is 2. The standard InChI is InChI=1S/C15H8Cl2N2O2S/c16-11-2-1-3-12(17)15(11)14-8-13(18-22-14)9-4-6-10(7-5-9)19(20)21/h1-8H. The summed E-state index contributed by atoms with van der Waals surface area (Å²) in [5, 5.41) is 11.8. The van der Waals surface area contributed by atoms with E-state index in [4.69, 9.17) is 23.2 Å². The summed E-state index contributed by atoms with van der Waals surface area (Å²) in [6, 6.07) is 13.5. The molecule has 0 unspecified atom stereocenters. The molecule has 0 atom stereocenters. The van der Waals surface area contributed by atoms with Gasteiger partial charge in [0.25, 0.3) is 5.69 Å². The van der Waals surface area contributed by atoms with Gasteiger partial charge in [-0.25, -0.2) is 0 Å². The predicted octanol–water partition coefficient (Wildman–Crippen LogP) is 5.69. The monoisotopic (exact) mass is 350 g/mol. The zero-order valence-electron chi connectivity index (χ0n) is 11.0. The molecular formula is C15H8Cl2N2O2S. The molecule has 0 aliphatic carbocycles. The maximum atomic E-state index is 10.7. The third-order valence-corrected chi connectivity index (χ3v) is 4.53. The molecule has 1 heterocycles. The van der Waals surface area contributed by atoms with Gasteiger partial charge in [0.2, 0.25) is 0 Å². The molecule has 1 aromatic heterocycles. The molecule has 0 aliphatic heterocycles. The summed E-state index contributed by atoms with van der Waals surface area (Å²) in [6.07, 6.45) is 0. The summed E-state index contributed by atoms with van der Waals surface area (Å²) in [5.74, 6) is 0. The first-order valence-electron chi connectivity index (χ1n) is 6.22. The fourth-order valence-corrected chi connectivity index (χ4v) is 3.56. The molecule has 0 spiro atoms. The number of nitro groups is 1. The SMILES string of the molecule is O=[N+]([O-])c1ccc(-c2cc(-c3c(Cl)cccc3Cl)sn2)cc1. The second-order valence-electron chi connectivity index (χ2n) is 4.48. The third-order valence-electron chi connectivity index (χ3n) is 3.09. The van der Waals surface area contributed by atoms with Gasteiger partial charge in [-0.3, -0.25) is 10.1 Å². The van der Waals surface area contributed by atoms with Gasteiger partial charge in [0.15, 0.2) is 0 Å². The van der Waals surface area contributed by atoms with Crippen molar-refractivity contribution in [3.8, 4) is 21.7 Å². The average Bonchev–Trinajstić information content (AvgIpc) is 2.97. The largest absolute Gasteiger partial charge is 0.269 e. The zero-order chi connectivity index (χ0) is 15.7. The van der Waals surface area contributed by atoms with Gasteiger partial charge in [0, 0.05) is 23.3 Å². The molecule has 3 rings (SSSR count). The number of benzene rings is 2. The van der Waals surface area contributed by atoms with Crippen LogP contribution in [0.3, 0.4) is 0 Å². The van der Waals surface area contributed by atoms with Gasteiger partial charge < -0.3 is 0 Å². The molecule has 0 bridgehead atoms. The van der Waals surface area contributed by atoms with E-state index >= 15 is 0 Å². The maximum Gasteiger partial charge on any atom is 0.269 e. The number of nitro benzene ring substituents is 1. The van der Waals surface area contributed by atoms with E-state index in [2.05, 4.69) is 4.37 Å². The number of aromatic nitrogens is 1. The molecule has 4 nitrogen and oxygen atoms in total. The lowest BCUT2D eigenvalue weighted by Gasteiger charge is -2.02. The molecule has 22 heavy (non-hydrogen) atoms. The van der Waals surface area contributed by atoms with Crippen LogP contribution in [0.1, 0.15) is 0 Å². The fourth-order valence-electron chi connectivity index (χ4n) is 2.02. The Morgan fingerprint density at radius 2 is 1.68 bits per heavy atom. The summed E-state index contributed by atoms with van der Waals surface area (Å²) in [7, 11) is 0. The first kappa shape index (κ1) is 15.0. The molecule has 7 heteroatoms. The van der Waals surface area contributed by atoms with Crippen molar-refractivity contribution in [2.75, 3.05) is 0 Å². The van der Waals surface area contributed by atoms with Gasteiger partial charge in [-0.1, -0.05) is 29.3 Å². The van der Waals surface area contributed by atoms with Crippen LogP contribution in [0.5, 0.6) is 0 Å². The molecule has 0 fully saturated rings. The highest BCUT2D eigenvalue weighted by Crippen LogP contribution is 2.38. The average molecular weight is 351 g/mol. The lowest BCUT2D eigenvalue weighted by Crippen LogP contribution is -1.87. The Bertz CT molecular complexity index is 827. The second kappa shape index (κ2) is 6.04. The Balaban J connectivity index is 1.99. The smallest absolute Gasteiger partial charge is 0.258 e. The summed E-state index contributed by atoms with van der Waals surface area (Å²) in [5.41, 5.74) is 2.33. The van der Waals surface area contributed by atoms with Crippen molar-refractivity contribution in [1.29, 1.82) is 0 Å². The molecule has 0 N–H and O–H groups in total. The Labute approximate surface area is 140 Å². The summed E-state index contributed by atoms with van der Waals surface area (Å²) in [6.45, 7) is 0. The van der Waals surface area contributed by atoms with Crippen LogP contribution in [-0.2, 0) is 0 Å². The van der Waals surface area contributed by atoms with Gasteiger partial charge in [-0.15, -0.1) is 0 Å². The van der Waals surface area contributed by atoms with E-state index < -0.39 is 4.92 Å². The Morgan fingerprint density at radius 1 is 1.05 bits per heavy atom. The Hall–Kier alpha value is -1.95. The van der Waals surface area contributed by atoms with Crippen molar-refractivity contribution in [1.82, 2.24) is 4.37 Å². The molecule has 0 saturated carbocycles. The molecule has 0 amide bonds. The van der Waals surface area contributed by atoms with E-state index in [1.165, 1.54) is 23.7 Å². The quantitative estimate of drug-likeness (QED) is 0.450. The first-order valence-corrected chi connectivity index (χ1v) is 7.75. The molecule has 0 radical (unpaired) electrons. The topological polar surface area (TPSA) is 56.0 Å². The Kier molecular flexibility index (Phi) is 4.11. The molecule has 0 aliphatic rings. The van der Waals surface area contributed by atoms with Crippen LogP contribution in [0.2, 0.25) is 10.0 Å². The van der Waals surface area contributed by atoms with Crippen LogP contribution >= 0.6 is 34.7 Å². The highest BCUT2D eigenvalue weighted by Gasteiger charge is 2.13. The molecule has 3 aromatic rings. The summed E-state index contributed by atoms with van der Waals surface area (Å²) in [4.78, 5) is 11.1. The van der Waals surface area contributed by atoms with Crippen molar-refractivity contribution in [2.24, 2.45) is 0 Å². The van der Waals surface area contributed by atoms with Crippen LogP contribution in [0, 0.1) is 10.1 Å². The number of hydrogen-bond acceptors (Lipinski definition) is 4. The normalized spacial score (nSPS) is 10.6. The summed E-state index contributed by atoms with van der Waals surface area (Å²) < 4.78 is 4.37. The van der Waals surface area contributed by atoms with E-state index in [0.717, 1.165) is 21.7 Å². The number of halogens is 2. The van der Waals surface area contributed by atoms with Crippen molar-refractivity contribution >= 4 is 40.4 Å². The fraction of sp³-hybridized carbons (Fsp3) is 0. The van der Waals surface area contributed by atoms with Crippen LogP contribution in [-0.4, -0.2) is 9.30 Å². The summed E-state index contributed by atoms with van der Waals surface area (Å²) >= 11 is 13.7. The Morgan fingerprint density at radius 3 is 2.27 bits per heavy atom. The number of hydrogen-bond donors (Lipinski definition) is 0. The lowest BCUT2D eigenvalue weighted by molar-refractivity contribution is -0.384. The lowest BCUT2D eigenvalue weighted by atomic mass is 10.1. The van der Waals surface area contributed by atoms with Gasteiger partial charge in [-0.05, 0) is 41.9 Å². The first-order chi connectivity index (χ1) is 10.6. The van der Waals surface area contributed by atoms with Gasteiger partial charge in [-0.2, -0.15) is 4.37 Å². The van der Waals surface area contributed by atoms with Crippen LogP contribution in [0.15, 0.2) is 48.5 Å². The zero-order valence-corrected chi connectivity index (χ0v) is 13.3. The minimum atomic E-state index is -0.431. The molecule has 110 valence electrons. The number of rotatable bonds is 3. The minimum absolute atomic E-state index is 0.0494. The van der Waals surface area contributed by atoms with Crippen LogP contribution < -0.4 is 0 Å². The molecule has 0 saturated heterocycles. The van der Waals surface area contributed by atoms with Gasteiger partial charge >= 0.3 is 0 Å². The van der Waals surface area contributed by atoms with E-state index in [-0.39, 0.29) is 5.69 Å². The highest BCUT2D eigenvalue weighted by molar-refractivity contribution is 7.10. The second-order valence-corrected chi connectivity index (χ2v) is 6.10. The maximum absolute atomic E-state index is 10.7. The minimum Gasteiger partial charge on any atom is -0.258 e. The van der Waals surface area contributed by atoms with Crippen molar-refractivity contribution < 1.29 is 4.92 Å². The van der Waals surface area contributed by atoms with E-state index in [0.29, 0.717) is 10.0 Å². The van der Waals surface area contributed by atoms with Gasteiger partial charge in [0.05, 0.1) is 25.5 Å². The molecule has 2 aromatic carbocycles. The third kappa shape index (κ3) is 2.83. The van der Waals surface area contributed by atoms with Crippen molar-refractivity contribution in [3.63, 3.8) is 0 Å². The van der Waals surface area contributed by atoms with Crippen molar-refractivity contribution in [3.05, 3.63) is 68.7 Å². The molecular weight excluding hydrogens is 343 g/mol. The van der Waals surface area contributed by atoms with Crippen LogP contribution in [0.4, 0.5) is 5.69 Å². The highest BCUT2D eigenvalue weighted by atomic mass is 35.5. The van der Waals surface area contributed by atoms with Gasteiger partial charge in [0.1, 0.15) is 0 Å².